The van der Waals surface area contributed by atoms with Gasteiger partial charge >= 0.3 is 0 Å². The normalized spacial score (nSPS) is 11.7. The lowest BCUT2D eigenvalue weighted by Crippen LogP contribution is -2.11. The Morgan fingerprint density at radius 2 is 0.966 bits per heavy atom. The van der Waals surface area contributed by atoms with Gasteiger partial charge in [-0.05, 0) is 116 Å². The average molecular weight is 770 g/mol. The van der Waals surface area contributed by atoms with Crippen LogP contribution < -0.4 is 4.90 Å². The average Bonchev–Trinajstić information content (AvgIpc) is 3.87. The van der Waals surface area contributed by atoms with Crippen molar-refractivity contribution in [3.63, 3.8) is 0 Å². The lowest BCUT2D eigenvalue weighted by atomic mass is 9.91. The number of hydrogen-bond donors (Lipinski definition) is 0. The minimum atomic E-state index is 0.876. The third-order valence-electron chi connectivity index (χ3n) is 11.9. The fourth-order valence-corrected chi connectivity index (χ4v) is 10.1. The molecule has 12 aromatic rings. The molecule has 276 valence electrons. The molecule has 59 heavy (non-hydrogen) atoms. The van der Waals surface area contributed by atoms with Gasteiger partial charge in [-0.25, -0.2) is 0 Å². The number of hydrogen-bond acceptors (Lipinski definition) is 3. The molecule has 0 atom stereocenters. The molecule has 10 aromatic carbocycles. The number of furan rings is 1. The molecular weight excluding hydrogens is 735 g/mol. The molecule has 2 nitrogen and oxygen atoms in total. The number of nitrogens with zero attached hydrogens (tertiary/aromatic N) is 1. The van der Waals surface area contributed by atoms with Gasteiger partial charge in [0, 0.05) is 47.9 Å². The van der Waals surface area contributed by atoms with Crippen molar-refractivity contribution in [2.24, 2.45) is 0 Å². The highest BCUT2D eigenvalue weighted by atomic mass is 32.1. The summed E-state index contributed by atoms with van der Waals surface area (Å²) >= 11 is 1.86. The topological polar surface area (TPSA) is 16.4 Å². The van der Waals surface area contributed by atoms with E-state index in [-0.39, 0.29) is 0 Å². The quantitative estimate of drug-likeness (QED) is 0.157. The van der Waals surface area contributed by atoms with E-state index >= 15 is 0 Å². The Morgan fingerprint density at radius 1 is 0.322 bits per heavy atom. The van der Waals surface area contributed by atoms with Gasteiger partial charge in [-0.2, -0.15) is 0 Å². The van der Waals surface area contributed by atoms with Crippen molar-refractivity contribution >= 4 is 92.1 Å². The zero-order chi connectivity index (χ0) is 38.9. The van der Waals surface area contributed by atoms with E-state index in [1.807, 2.05) is 23.5 Å². The number of anilines is 3. The maximum atomic E-state index is 6.34. The highest BCUT2D eigenvalue weighted by Gasteiger charge is 2.21. The summed E-state index contributed by atoms with van der Waals surface area (Å²) in [5.74, 6) is 0. The molecule has 0 aliphatic rings. The summed E-state index contributed by atoms with van der Waals surface area (Å²) in [6, 6.07) is 77.2. The largest absolute Gasteiger partial charge is 0.456 e. The Balaban J connectivity index is 1.09. The van der Waals surface area contributed by atoms with E-state index in [0.29, 0.717) is 0 Å². The number of para-hydroxylation sites is 1. The Bertz CT molecular complexity index is 3560. The molecule has 0 unspecified atom stereocenters. The Morgan fingerprint density at radius 3 is 1.83 bits per heavy atom. The van der Waals surface area contributed by atoms with Crippen molar-refractivity contribution in [2.45, 2.75) is 0 Å². The Labute approximate surface area is 345 Å². The first-order valence-corrected chi connectivity index (χ1v) is 20.9. The van der Waals surface area contributed by atoms with Crippen molar-refractivity contribution in [1.82, 2.24) is 0 Å². The van der Waals surface area contributed by atoms with E-state index in [0.717, 1.165) is 55.7 Å². The molecular formula is C56H35NOS. The molecule has 0 saturated carbocycles. The van der Waals surface area contributed by atoms with E-state index in [1.165, 1.54) is 58.4 Å². The summed E-state index contributed by atoms with van der Waals surface area (Å²) in [4.78, 5) is 2.43. The summed E-state index contributed by atoms with van der Waals surface area (Å²) in [7, 11) is 0. The van der Waals surface area contributed by atoms with Crippen LogP contribution in [-0.2, 0) is 0 Å². The summed E-state index contributed by atoms with van der Waals surface area (Å²) in [6.07, 6.45) is 0. The molecule has 12 rings (SSSR count). The van der Waals surface area contributed by atoms with Crippen molar-refractivity contribution in [3.05, 3.63) is 212 Å². The van der Waals surface area contributed by atoms with Gasteiger partial charge in [-0.3, -0.25) is 0 Å². The smallest absolute Gasteiger partial charge is 0.135 e. The van der Waals surface area contributed by atoms with Gasteiger partial charge in [-0.1, -0.05) is 146 Å². The minimum absolute atomic E-state index is 0.876. The maximum Gasteiger partial charge on any atom is 0.135 e. The van der Waals surface area contributed by atoms with Gasteiger partial charge in [0.2, 0.25) is 0 Å². The van der Waals surface area contributed by atoms with Crippen LogP contribution in [0.5, 0.6) is 0 Å². The summed E-state index contributed by atoms with van der Waals surface area (Å²) in [5.41, 5.74) is 12.1. The first-order chi connectivity index (χ1) is 29.2. The molecule has 0 radical (unpaired) electrons. The van der Waals surface area contributed by atoms with Crippen LogP contribution in [0.3, 0.4) is 0 Å². The van der Waals surface area contributed by atoms with Gasteiger partial charge in [0.15, 0.2) is 0 Å². The summed E-state index contributed by atoms with van der Waals surface area (Å²) < 4.78 is 8.98. The van der Waals surface area contributed by atoms with Crippen LogP contribution in [0.2, 0.25) is 0 Å². The zero-order valence-electron chi connectivity index (χ0n) is 32.0. The van der Waals surface area contributed by atoms with Crippen LogP contribution in [0.25, 0.3) is 97.0 Å². The third-order valence-corrected chi connectivity index (χ3v) is 13.0. The molecule has 0 N–H and O–H groups in total. The fraction of sp³-hybridized carbons (Fsp3) is 0. The Kier molecular flexibility index (Phi) is 7.75. The zero-order valence-corrected chi connectivity index (χ0v) is 32.8. The van der Waals surface area contributed by atoms with Crippen molar-refractivity contribution in [3.8, 4) is 33.4 Å². The standard InChI is InChI=1S/C56H35NOS/c1-2-12-37(13-3-1)44-29-24-40(49-33-39-14-4-5-15-43(39)45-16-6-7-17-46(45)49)34-52(44)57(42-28-30-54-50(35-42)47-18-8-10-20-53(47)58-54)41-26-22-36(23-27-41)38-25-31-56-51(32-38)48-19-9-11-21-55(48)59-56/h1-35H. The highest BCUT2D eigenvalue weighted by Crippen LogP contribution is 2.46. The predicted octanol–water partition coefficient (Wildman–Crippen LogP) is 16.7. The third kappa shape index (κ3) is 5.62. The maximum absolute atomic E-state index is 6.34. The number of benzene rings is 10. The lowest BCUT2D eigenvalue weighted by molar-refractivity contribution is 0.669. The van der Waals surface area contributed by atoms with Crippen LogP contribution in [0.4, 0.5) is 17.1 Å². The van der Waals surface area contributed by atoms with Gasteiger partial charge in [0.1, 0.15) is 11.2 Å². The van der Waals surface area contributed by atoms with Crippen molar-refractivity contribution in [2.75, 3.05) is 4.90 Å². The van der Waals surface area contributed by atoms with Gasteiger partial charge < -0.3 is 9.32 Å². The monoisotopic (exact) mass is 769 g/mol. The Hall–Kier alpha value is -7.46. The van der Waals surface area contributed by atoms with Gasteiger partial charge in [0.05, 0.1) is 5.69 Å². The molecule has 3 heteroatoms. The van der Waals surface area contributed by atoms with Gasteiger partial charge in [-0.15, -0.1) is 11.3 Å². The number of fused-ring (bicyclic) bond motifs is 9. The highest BCUT2D eigenvalue weighted by molar-refractivity contribution is 7.25. The van der Waals surface area contributed by atoms with Crippen LogP contribution in [0.1, 0.15) is 0 Å². The van der Waals surface area contributed by atoms with Crippen molar-refractivity contribution in [1.29, 1.82) is 0 Å². The molecule has 0 fully saturated rings. The molecule has 0 saturated heterocycles. The first-order valence-electron chi connectivity index (χ1n) is 20.1. The lowest BCUT2D eigenvalue weighted by Gasteiger charge is -2.29. The van der Waals surface area contributed by atoms with Crippen LogP contribution >= 0.6 is 11.3 Å². The van der Waals surface area contributed by atoms with E-state index in [1.54, 1.807) is 0 Å². The molecule has 0 amide bonds. The summed E-state index contributed by atoms with van der Waals surface area (Å²) in [6.45, 7) is 0. The van der Waals surface area contributed by atoms with Crippen molar-refractivity contribution < 1.29 is 4.42 Å². The second kappa shape index (κ2) is 13.6. The fourth-order valence-electron chi connectivity index (χ4n) is 9.03. The second-order valence-electron chi connectivity index (χ2n) is 15.3. The van der Waals surface area contributed by atoms with Crippen LogP contribution in [0.15, 0.2) is 217 Å². The van der Waals surface area contributed by atoms with E-state index in [4.69, 9.17) is 4.42 Å². The molecule has 2 aromatic heterocycles. The second-order valence-corrected chi connectivity index (χ2v) is 16.3. The van der Waals surface area contributed by atoms with Crippen LogP contribution in [-0.4, -0.2) is 0 Å². The van der Waals surface area contributed by atoms with E-state index in [2.05, 4.69) is 205 Å². The predicted molar refractivity (Wildman–Crippen MR) is 253 cm³/mol. The molecule has 0 aliphatic carbocycles. The van der Waals surface area contributed by atoms with Gasteiger partial charge in [0.25, 0.3) is 0 Å². The molecule has 0 spiro atoms. The first kappa shape index (κ1) is 33.7. The molecule has 2 heterocycles. The molecule has 0 aliphatic heterocycles. The van der Waals surface area contributed by atoms with E-state index < -0.39 is 0 Å². The molecule has 0 bridgehead atoms. The number of rotatable bonds is 6. The number of thiophene rings is 1. The minimum Gasteiger partial charge on any atom is -0.456 e. The van der Waals surface area contributed by atoms with E-state index in [9.17, 15) is 0 Å². The summed E-state index contributed by atoms with van der Waals surface area (Å²) in [5, 5.41) is 9.81. The SMILES string of the molecule is c1ccc(-c2ccc(-c3cc4ccccc4c4ccccc34)cc2N(c2ccc(-c3ccc4sc5ccccc5c4c3)cc2)c2ccc3oc4ccccc4c3c2)cc1. The van der Waals surface area contributed by atoms with Crippen LogP contribution in [0, 0.1) is 0 Å².